The molecule has 1 heteroatoms. The predicted molar refractivity (Wildman–Crippen MR) is 92.3 cm³/mol. The minimum Gasteiger partial charge on any atom is -0.113 e. The highest BCUT2D eigenvalue weighted by Crippen LogP contribution is 2.36. The fourth-order valence-electron chi connectivity index (χ4n) is 2.91. The van der Waals surface area contributed by atoms with Gasteiger partial charge >= 0.3 is 0 Å². The minimum atomic E-state index is -0.115. The molecule has 0 spiro atoms. The molecule has 0 saturated carbocycles. The predicted octanol–water partition coefficient (Wildman–Crippen LogP) is 6.09. The van der Waals surface area contributed by atoms with Crippen LogP contribution in [-0.4, -0.2) is 0 Å². The van der Waals surface area contributed by atoms with E-state index in [9.17, 15) is 0 Å². The van der Waals surface area contributed by atoms with E-state index in [0.717, 1.165) is 0 Å². The van der Waals surface area contributed by atoms with Crippen molar-refractivity contribution < 1.29 is 0 Å². The number of hydrogen-bond donors (Lipinski definition) is 0. The third-order valence-corrected chi connectivity index (χ3v) is 4.84. The highest BCUT2D eigenvalue weighted by Gasteiger charge is 2.16. The molecule has 0 amide bonds. The standard InChI is InChI=1S/C20H19Cl/c1-13-7-6-10-17(15(13)3)20(21)19-12-11-14(2)16-8-4-5-9-18(16)19/h4-12,20H,1-3H3. The first-order chi connectivity index (χ1) is 10.1. The van der Waals surface area contributed by atoms with Gasteiger partial charge < -0.3 is 0 Å². The summed E-state index contributed by atoms with van der Waals surface area (Å²) in [7, 11) is 0. The molecular formula is C20H19Cl. The van der Waals surface area contributed by atoms with Gasteiger partial charge in [0, 0.05) is 0 Å². The van der Waals surface area contributed by atoms with Crippen molar-refractivity contribution in [2.45, 2.75) is 26.1 Å². The third kappa shape index (κ3) is 2.45. The van der Waals surface area contributed by atoms with Crippen molar-refractivity contribution in [2.75, 3.05) is 0 Å². The van der Waals surface area contributed by atoms with E-state index in [1.165, 1.54) is 38.6 Å². The molecule has 3 aromatic rings. The van der Waals surface area contributed by atoms with Crippen LogP contribution in [0.3, 0.4) is 0 Å². The van der Waals surface area contributed by atoms with Crippen molar-refractivity contribution in [3.8, 4) is 0 Å². The van der Waals surface area contributed by atoms with Crippen LogP contribution in [0.4, 0.5) is 0 Å². The second kappa shape index (κ2) is 5.54. The number of fused-ring (bicyclic) bond motifs is 1. The van der Waals surface area contributed by atoms with Crippen LogP contribution < -0.4 is 0 Å². The Bertz CT molecular complexity index is 802. The van der Waals surface area contributed by atoms with Crippen molar-refractivity contribution >= 4 is 22.4 Å². The maximum absolute atomic E-state index is 6.84. The summed E-state index contributed by atoms with van der Waals surface area (Å²) in [5.41, 5.74) is 6.24. The average Bonchev–Trinajstić information content (AvgIpc) is 2.50. The van der Waals surface area contributed by atoms with Crippen LogP contribution in [-0.2, 0) is 0 Å². The zero-order valence-electron chi connectivity index (χ0n) is 12.7. The topological polar surface area (TPSA) is 0 Å². The Balaban J connectivity index is 2.21. The lowest BCUT2D eigenvalue weighted by molar-refractivity contribution is 1.11. The summed E-state index contributed by atoms with van der Waals surface area (Å²) >= 11 is 6.84. The van der Waals surface area contributed by atoms with E-state index in [-0.39, 0.29) is 5.38 Å². The van der Waals surface area contributed by atoms with Crippen molar-refractivity contribution in [3.05, 3.63) is 82.4 Å². The van der Waals surface area contributed by atoms with E-state index in [2.05, 4.69) is 75.4 Å². The summed E-state index contributed by atoms with van der Waals surface area (Å²) in [5, 5.41) is 2.42. The molecule has 21 heavy (non-hydrogen) atoms. The Morgan fingerprint density at radius 3 is 2.14 bits per heavy atom. The summed E-state index contributed by atoms with van der Waals surface area (Å²) in [4.78, 5) is 0. The molecule has 0 aromatic heterocycles. The fraction of sp³-hybridized carbons (Fsp3) is 0.200. The van der Waals surface area contributed by atoms with Gasteiger partial charge in [0.2, 0.25) is 0 Å². The van der Waals surface area contributed by atoms with Gasteiger partial charge in [0.1, 0.15) is 0 Å². The zero-order valence-corrected chi connectivity index (χ0v) is 13.4. The van der Waals surface area contributed by atoms with Crippen LogP contribution in [0.15, 0.2) is 54.6 Å². The third-order valence-electron chi connectivity index (χ3n) is 4.37. The average molecular weight is 295 g/mol. The van der Waals surface area contributed by atoms with Gasteiger partial charge in [0.15, 0.2) is 0 Å². The van der Waals surface area contributed by atoms with Crippen LogP contribution in [0, 0.1) is 20.8 Å². The van der Waals surface area contributed by atoms with E-state index < -0.39 is 0 Å². The first kappa shape index (κ1) is 14.2. The van der Waals surface area contributed by atoms with E-state index >= 15 is 0 Å². The number of alkyl halides is 1. The van der Waals surface area contributed by atoms with Gasteiger partial charge in [-0.25, -0.2) is 0 Å². The molecule has 0 aliphatic carbocycles. The number of benzene rings is 3. The van der Waals surface area contributed by atoms with Gasteiger partial charge in [-0.3, -0.25) is 0 Å². The van der Waals surface area contributed by atoms with Crippen molar-refractivity contribution in [1.82, 2.24) is 0 Å². The minimum absolute atomic E-state index is 0.115. The van der Waals surface area contributed by atoms with Gasteiger partial charge in [-0.15, -0.1) is 11.6 Å². The fourth-order valence-corrected chi connectivity index (χ4v) is 3.34. The molecule has 0 radical (unpaired) electrons. The first-order valence-electron chi connectivity index (χ1n) is 7.28. The van der Waals surface area contributed by atoms with Crippen LogP contribution in [0.1, 0.15) is 33.2 Å². The largest absolute Gasteiger partial charge is 0.113 e. The Morgan fingerprint density at radius 1 is 0.667 bits per heavy atom. The molecule has 1 atom stereocenters. The monoisotopic (exact) mass is 294 g/mol. The van der Waals surface area contributed by atoms with E-state index in [1.807, 2.05) is 0 Å². The second-order valence-corrected chi connectivity index (χ2v) is 6.11. The second-order valence-electron chi connectivity index (χ2n) is 5.67. The Labute approximate surface area is 131 Å². The maximum Gasteiger partial charge on any atom is 0.0844 e. The van der Waals surface area contributed by atoms with Crippen molar-refractivity contribution in [1.29, 1.82) is 0 Å². The molecule has 0 aliphatic rings. The van der Waals surface area contributed by atoms with E-state index in [0.29, 0.717) is 0 Å². The van der Waals surface area contributed by atoms with Crippen LogP contribution >= 0.6 is 11.6 Å². The van der Waals surface area contributed by atoms with Crippen LogP contribution in [0.25, 0.3) is 10.8 Å². The molecule has 0 N–H and O–H groups in total. The summed E-state index contributed by atoms with van der Waals surface area (Å²) in [6, 6.07) is 19.2. The normalized spacial score (nSPS) is 12.6. The molecule has 0 heterocycles. The molecule has 0 aliphatic heterocycles. The lowest BCUT2D eigenvalue weighted by Gasteiger charge is -2.17. The van der Waals surface area contributed by atoms with E-state index in [1.54, 1.807) is 0 Å². The summed E-state index contributed by atoms with van der Waals surface area (Å²) in [5.74, 6) is 0. The van der Waals surface area contributed by atoms with Gasteiger partial charge in [0.25, 0.3) is 0 Å². The highest BCUT2D eigenvalue weighted by molar-refractivity contribution is 6.23. The van der Waals surface area contributed by atoms with Crippen LogP contribution in [0.2, 0.25) is 0 Å². The number of hydrogen-bond acceptors (Lipinski definition) is 0. The first-order valence-corrected chi connectivity index (χ1v) is 7.71. The summed E-state index contributed by atoms with van der Waals surface area (Å²) < 4.78 is 0. The quantitative estimate of drug-likeness (QED) is 0.501. The zero-order chi connectivity index (χ0) is 15.0. The lowest BCUT2D eigenvalue weighted by Crippen LogP contribution is -1.99. The highest BCUT2D eigenvalue weighted by atomic mass is 35.5. The van der Waals surface area contributed by atoms with Gasteiger partial charge in [0.05, 0.1) is 5.38 Å². The lowest BCUT2D eigenvalue weighted by atomic mass is 9.92. The van der Waals surface area contributed by atoms with E-state index in [4.69, 9.17) is 11.6 Å². The van der Waals surface area contributed by atoms with Crippen molar-refractivity contribution in [3.63, 3.8) is 0 Å². The maximum atomic E-state index is 6.84. The Morgan fingerprint density at radius 2 is 1.38 bits per heavy atom. The molecule has 0 bridgehead atoms. The van der Waals surface area contributed by atoms with Crippen molar-refractivity contribution in [2.24, 2.45) is 0 Å². The molecule has 0 nitrogen and oxygen atoms in total. The summed E-state index contributed by atoms with van der Waals surface area (Å²) in [6.45, 7) is 6.43. The number of rotatable bonds is 2. The Hall–Kier alpha value is -1.79. The Kier molecular flexibility index (Phi) is 3.73. The number of halogens is 1. The van der Waals surface area contributed by atoms with Gasteiger partial charge in [-0.05, 0) is 59.4 Å². The molecular weight excluding hydrogens is 276 g/mol. The molecule has 1 unspecified atom stereocenters. The molecule has 3 rings (SSSR count). The number of aryl methyl sites for hydroxylation is 2. The smallest absolute Gasteiger partial charge is 0.0844 e. The summed E-state index contributed by atoms with van der Waals surface area (Å²) in [6.07, 6.45) is 0. The molecule has 0 saturated heterocycles. The molecule has 0 fully saturated rings. The molecule has 106 valence electrons. The molecule has 3 aromatic carbocycles. The van der Waals surface area contributed by atoms with Gasteiger partial charge in [-0.1, -0.05) is 54.6 Å². The van der Waals surface area contributed by atoms with Crippen LogP contribution in [0.5, 0.6) is 0 Å². The van der Waals surface area contributed by atoms with Gasteiger partial charge in [-0.2, -0.15) is 0 Å². The SMILES string of the molecule is Cc1cccc(C(Cl)c2ccc(C)c3ccccc23)c1C.